The largest absolute Gasteiger partial charge is 0.497 e. The predicted molar refractivity (Wildman–Crippen MR) is 186 cm³/mol. The van der Waals surface area contributed by atoms with Gasteiger partial charge in [-0.25, -0.2) is 0 Å². The van der Waals surface area contributed by atoms with Gasteiger partial charge in [0, 0.05) is 43.4 Å². The van der Waals surface area contributed by atoms with E-state index in [0.717, 1.165) is 0 Å². The Morgan fingerprint density at radius 2 is 1.74 bits per heavy atom. The molecule has 2 aromatic rings. The van der Waals surface area contributed by atoms with Gasteiger partial charge in [-0.1, -0.05) is 58.4 Å². The average Bonchev–Trinajstić information content (AvgIpc) is 3.71. The molecule has 4 aliphatic heterocycles. The van der Waals surface area contributed by atoms with E-state index < -0.39 is 59.5 Å². The lowest BCUT2D eigenvalue weighted by Crippen LogP contribution is -2.56. The molecule has 0 aromatic heterocycles. The maximum absolute atomic E-state index is 15.0. The Balaban J connectivity index is 1.46. The molecule has 1 spiro atoms. The van der Waals surface area contributed by atoms with E-state index in [-0.39, 0.29) is 38.6 Å². The van der Waals surface area contributed by atoms with Gasteiger partial charge in [0.25, 0.3) is 5.91 Å². The Kier molecular flexibility index (Phi) is 11.1. The van der Waals surface area contributed by atoms with E-state index in [1.165, 1.54) is 12.0 Å². The van der Waals surface area contributed by atoms with E-state index in [4.69, 9.17) is 18.9 Å². The molecule has 12 nitrogen and oxygen atoms in total. The Hall–Kier alpha value is -4.04. The van der Waals surface area contributed by atoms with Crippen molar-refractivity contribution in [2.24, 2.45) is 11.8 Å². The maximum Gasteiger partial charge on any atom is 0.313 e. The van der Waals surface area contributed by atoms with Crippen molar-refractivity contribution in [1.29, 1.82) is 0 Å². The molecular formula is C37H42BrN3O9. The normalized spacial score (nSPS) is 30.5. The molecule has 50 heavy (non-hydrogen) atoms. The first-order chi connectivity index (χ1) is 24.2. The van der Waals surface area contributed by atoms with E-state index >= 15 is 0 Å². The molecule has 4 heterocycles. The van der Waals surface area contributed by atoms with Gasteiger partial charge < -0.3 is 39.2 Å². The quantitative estimate of drug-likeness (QED) is 0.224. The number of likely N-dealkylation sites (tertiary alicyclic amines) is 1. The van der Waals surface area contributed by atoms with Gasteiger partial charge in [-0.05, 0) is 55.2 Å². The van der Waals surface area contributed by atoms with E-state index in [2.05, 4.69) is 21.2 Å². The molecule has 4 aliphatic rings. The van der Waals surface area contributed by atoms with Crippen molar-refractivity contribution in [3.8, 4) is 5.75 Å². The van der Waals surface area contributed by atoms with E-state index in [1.807, 2.05) is 30.4 Å². The molecule has 0 radical (unpaired) electrons. The number of aliphatic hydroxyl groups excluding tert-OH is 1. The van der Waals surface area contributed by atoms with Crippen molar-refractivity contribution in [1.82, 2.24) is 10.2 Å². The number of cyclic esters (lactones) is 1. The first-order valence-electron chi connectivity index (χ1n) is 16.9. The first kappa shape index (κ1) is 35.8. The van der Waals surface area contributed by atoms with Crippen molar-refractivity contribution in [3.63, 3.8) is 0 Å². The molecule has 266 valence electrons. The lowest BCUT2D eigenvalue weighted by atomic mass is 9.74. The molecule has 0 unspecified atom stereocenters. The Morgan fingerprint density at radius 1 is 0.980 bits per heavy atom. The number of carbonyl (C=O) groups excluding carboxylic acids is 4. The van der Waals surface area contributed by atoms with Crippen molar-refractivity contribution < 1.29 is 43.2 Å². The van der Waals surface area contributed by atoms with Crippen molar-refractivity contribution >= 4 is 45.3 Å². The molecule has 13 heteroatoms. The van der Waals surface area contributed by atoms with Gasteiger partial charge in [0.2, 0.25) is 11.8 Å². The Bertz CT molecular complexity index is 1630. The van der Waals surface area contributed by atoms with Gasteiger partial charge in [-0.3, -0.25) is 19.2 Å². The van der Waals surface area contributed by atoms with Gasteiger partial charge >= 0.3 is 5.97 Å². The standard InChI is InChI=1S/C37H42BrN3O9/c1-47-22-27-31(23-11-5-3-6-12-23)49-36(46)29-30-34(44)41(19-9-10-20-42)33(37(30)21-26(38)32(29)50-37)35(45)40(18-8-4-7-13-28(43)39-27)24-14-16-25(48-2)17-15-24/h3-6,8,11-12,14-17,21,27,29-33,42H,7,9-10,13,18-20,22H2,1-2H3,(H,39,43)/b8-4-/t27-,29+,30-,31-,32+,33+,37-/m1/s1. The number of hydrogen-bond donors (Lipinski definition) is 2. The van der Waals surface area contributed by atoms with E-state index in [0.29, 0.717) is 40.7 Å². The molecule has 2 fully saturated rings. The van der Waals surface area contributed by atoms with Crippen LogP contribution in [0.15, 0.2) is 77.3 Å². The van der Waals surface area contributed by atoms with Gasteiger partial charge in [0.15, 0.2) is 0 Å². The third-order valence-electron chi connectivity index (χ3n) is 9.81. The first-order valence-corrected chi connectivity index (χ1v) is 17.6. The molecule has 2 N–H and O–H groups in total. The van der Waals surface area contributed by atoms with E-state index in [1.54, 1.807) is 54.5 Å². The summed E-state index contributed by atoms with van der Waals surface area (Å²) < 4.78 is 24.3. The second-order valence-electron chi connectivity index (χ2n) is 12.8. The van der Waals surface area contributed by atoms with Gasteiger partial charge in [-0.2, -0.15) is 0 Å². The number of nitrogens with one attached hydrogen (secondary N) is 1. The zero-order valence-corrected chi connectivity index (χ0v) is 29.6. The van der Waals surface area contributed by atoms with Gasteiger partial charge in [0.1, 0.15) is 35.5 Å². The van der Waals surface area contributed by atoms with Crippen LogP contribution in [0.1, 0.15) is 37.4 Å². The highest BCUT2D eigenvalue weighted by Crippen LogP contribution is 2.59. The average molecular weight is 753 g/mol. The summed E-state index contributed by atoms with van der Waals surface area (Å²) in [5.41, 5.74) is -0.259. The second-order valence-corrected chi connectivity index (χ2v) is 13.8. The van der Waals surface area contributed by atoms with Crippen molar-refractivity contribution in [3.05, 3.63) is 82.9 Å². The van der Waals surface area contributed by atoms with Crippen LogP contribution in [0.4, 0.5) is 5.69 Å². The van der Waals surface area contributed by atoms with Crippen LogP contribution in [0.3, 0.4) is 0 Å². The summed E-state index contributed by atoms with van der Waals surface area (Å²) in [6.07, 6.45) is 5.01. The number of hydrogen-bond acceptors (Lipinski definition) is 9. The SMILES string of the molecule is COC[C@H]1NC(=O)CC/C=C\CN(c2ccc(OC)cc2)C(=O)[C@@H]2N(CCCCO)C(=O)[C@H]3[C@H](C(=O)O[C@@H]1c1ccccc1)[C@H]1O[C@@]23C=C1Br. The van der Waals surface area contributed by atoms with Gasteiger partial charge in [0.05, 0.1) is 25.7 Å². The summed E-state index contributed by atoms with van der Waals surface area (Å²) >= 11 is 3.60. The Labute approximate surface area is 299 Å². The second kappa shape index (κ2) is 15.5. The zero-order valence-electron chi connectivity index (χ0n) is 28.0. The molecule has 2 saturated heterocycles. The molecule has 7 atom stereocenters. The number of halogens is 1. The highest BCUT2D eigenvalue weighted by molar-refractivity contribution is 9.11. The van der Waals surface area contributed by atoms with Crippen LogP contribution in [0, 0.1) is 11.8 Å². The minimum atomic E-state index is -1.47. The van der Waals surface area contributed by atoms with Crippen LogP contribution in [0.2, 0.25) is 0 Å². The number of methoxy groups -OCH3 is 2. The number of fused-ring (bicyclic) bond motifs is 2. The number of aliphatic hydroxyl groups is 1. The number of ether oxygens (including phenoxy) is 4. The maximum atomic E-state index is 15.0. The number of nitrogens with zero attached hydrogens (tertiary/aromatic N) is 2. The molecule has 2 aromatic carbocycles. The fourth-order valence-electron chi connectivity index (χ4n) is 7.54. The number of allylic oxidation sites excluding steroid dienone is 1. The highest BCUT2D eigenvalue weighted by Gasteiger charge is 2.75. The summed E-state index contributed by atoms with van der Waals surface area (Å²) in [5, 5.41) is 12.6. The monoisotopic (exact) mass is 751 g/mol. The van der Waals surface area contributed by atoms with E-state index in [9.17, 15) is 24.3 Å². The fourth-order valence-corrected chi connectivity index (χ4v) is 8.27. The van der Waals surface area contributed by atoms with Crippen molar-refractivity contribution in [2.45, 2.75) is 55.6 Å². The van der Waals surface area contributed by atoms with Crippen LogP contribution in [-0.2, 0) is 33.4 Å². The van der Waals surface area contributed by atoms with Crippen LogP contribution >= 0.6 is 15.9 Å². The zero-order chi connectivity index (χ0) is 35.4. The van der Waals surface area contributed by atoms with Crippen LogP contribution in [-0.4, -0.2) is 98.0 Å². The molecule has 5 bridgehead atoms. The minimum absolute atomic E-state index is 0.0565. The van der Waals surface area contributed by atoms with Crippen LogP contribution < -0.4 is 15.0 Å². The van der Waals surface area contributed by atoms with Crippen molar-refractivity contribution in [2.75, 3.05) is 45.4 Å². The number of anilines is 1. The summed E-state index contributed by atoms with van der Waals surface area (Å²) in [7, 11) is 3.06. The third kappa shape index (κ3) is 6.71. The van der Waals surface area contributed by atoms with Gasteiger partial charge in [-0.15, -0.1) is 0 Å². The van der Waals surface area contributed by atoms with Crippen LogP contribution in [0.25, 0.3) is 0 Å². The molecule has 6 rings (SSSR count). The fraction of sp³-hybridized carbons (Fsp3) is 0.459. The molecular weight excluding hydrogens is 710 g/mol. The highest BCUT2D eigenvalue weighted by atomic mass is 79.9. The number of unbranched alkanes of at least 4 members (excludes halogenated alkanes) is 1. The number of rotatable bonds is 9. The predicted octanol–water partition coefficient (Wildman–Crippen LogP) is 3.44. The minimum Gasteiger partial charge on any atom is -0.497 e. The number of esters is 1. The lowest BCUT2D eigenvalue weighted by molar-refractivity contribution is -0.162. The number of amides is 3. The number of carbonyl (C=O) groups is 4. The summed E-state index contributed by atoms with van der Waals surface area (Å²) in [6, 6.07) is 14.2. The number of benzene rings is 2. The van der Waals surface area contributed by atoms with Crippen LogP contribution in [0.5, 0.6) is 5.75 Å². The topological polar surface area (TPSA) is 144 Å². The molecule has 0 saturated carbocycles. The third-order valence-corrected chi connectivity index (χ3v) is 10.5. The summed E-state index contributed by atoms with van der Waals surface area (Å²) in [6.45, 7) is 0.305. The molecule has 3 amide bonds. The lowest BCUT2D eigenvalue weighted by Gasteiger charge is -2.36. The molecule has 0 aliphatic carbocycles. The summed E-state index contributed by atoms with van der Waals surface area (Å²) in [5.74, 6) is -3.27. The Morgan fingerprint density at radius 3 is 2.44 bits per heavy atom. The summed E-state index contributed by atoms with van der Waals surface area (Å²) in [4.78, 5) is 60.3. The smallest absolute Gasteiger partial charge is 0.313 e.